The molecule has 176 valence electrons. The molecule has 2 heterocycles. The first-order valence-corrected chi connectivity index (χ1v) is 11.1. The van der Waals surface area contributed by atoms with E-state index in [4.69, 9.17) is 21.1 Å². The monoisotopic (exact) mass is 480 g/mol. The van der Waals surface area contributed by atoms with Gasteiger partial charge in [-0.1, -0.05) is 23.7 Å². The van der Waals surface area contributed by atoms with E-state index in [1.54, 1.807) is 12.1 Å². The van der Waals surface area contributed by atoms with Crippen LogP contribution in [0.15, 0.2) is 47.5 Å². The first-order valence-electron chi connectivity index (χ1n) is 10.7. The molecular formula is C24H24ClF3N2O3. The number of para-hydroxylation sites is 1. The number of carbonyl (C=O) groups excluding carboxylic acids is 1. The van der Waals surface area contributed by atoms with Crippen LogP contribution in [-0.2, 0) is 22.1 Å². The number of likely N-dealkylation sites (tertiary alicyclic amines) is 1. The van der Waals surface area contributed by atoms with Gasteiger partial charge in [0, 0.05) is 31.1 Å². The van der Waals surface area contributed by atoms with Crippen molar-refractivity contribution in [2.75, 3.05) is 26.2 Å². The molecule has 0 aliphatic carbocycles. The van der Waals surface area contributed by atoms with E-state index >= 15 is 0 Å². The van der Waals surface area contributed by atoms with Gasteiger partial charge < -0.3 is 9.47 Å². The molecule has 0 spiro atoms. The van der Waals surface area contributed by atoms with Crippen molar-refractivity contribution in [3.63, 3.8) is 0 Å². The first-order chi connectivity index (χ1) is 15.6. The number of nitrogens with zero attached hydrogens (tertiary/aromatic N) is 2. The van der Waals surface area contributed by atoms with Crippen molar-refractivity contribution in [1.29, 1.82) is 0 Å². The molecule has 0 saturated carbocycles. The lowest BCUT2D eigenvalue weighted by Gasteiger charge is -2.39. The van der Waals surface area contributed by atoms with Crippen LogP contribution in [0.4, 0.5) is 18.9 Å². The molecule has 0 unspecified atom stereocenters. The maximum atomic E-state index is 13.3. The molecule has 1 fully saturated rings. The zero-order valence-electron chi connectivity index (χ0n) is 18.1. The summed E-state index contributed by atoms with van der Waals surface area (Å²) in [5.41, 5.74) is -1.12. The summed E-state index contributed by atoms with van der Waals surface area (Å²) in [6, 6.07) is 11.0. The molecule has 0 atom stereocenters. The highest BCUT2D eigenvalue weighted by molar-refractivity contribution is 6.38. The summed E-state index contributed by atoms with van der Waals surface area (Å²) >= 11 is 5.92. The number of aliphatic imine (C=N–C) groups is 1. The van der Waals surface area contributed by atoms with Crippen LogP contribution in [0.25, 0.3) is 0 Å². The van der Waals surface area contributed by atoms with Crippen LogP contribution >= 0.6 is 11.6 Å². The first kappa shape index (κ1) is 23.6. The van der Waals surface area contributed by atoms with E-state index in [0.717, 1.165) is 37.7 Å². The van der Waals surface area contributed by atoms with Gasteiger partial charge in [-0.25, -0.2) is 4.99 Å². The van der Waals surface area contributed by atoms with E-state index in [2.05, 4.69) is 16.8 Å². The Labute approximate surface area is 195 Å². The van der Waals surface area contributed by atoms with Gasteiger partial charge in [-0.3, -0.25) is 9.69 Å². The lowest BCUT2D eigenvalue weighted by molar-refractivity contribution is -0.137. The number of Topliss-reactive ketones (excluding diaryl/α,β-unsaturated/α-hetero) is 1. The minimum atomic E-state index is -4.55. The van der Waals surface area contributed by atoms with E-state index in [1.807, 2.05) is 12.1 Å². The number of fused-ring (bicyclic) bond motifs is 1. The van der Waals surface area contributed by atoms with Gasteiger partial charge in [-0.2, -0.15) is 13.2 Å². The number of benzene rings is 2. The number of ether oxygens (including phenoxy) is 2. The Morgan fingerprint density at radius 1 is 1.12 bits per heavy atom. The molecule has 0 bridgehead atoms. The highest BCUT2D eigenvalue weighted by Crippen LogP contribution is 2.40. The van der Waals surface area contributed by atoms with Gasteiger partial charge in [0.25, 0.3) is 5.90 Å². The van der Waals surface area contributed by atoms with Crippen molar-refractivity contribution in [3.05, 3.63) is 58.6 Å². The number of carbonyl (C=O) groups is 1. The molecule has 2 aliphatic rings. The smallest absolute Gasteiger partial charge is 0.418 e. The largest absolute Gasteiger partial charge is 0.487 e. The summed E-state index contributed by atoms with van der Waals surface area (Å²) in [4.78, 5) is 18.4. The highest BCUT2D eigenvalue weighted by atomic mass is 35.5. The predicted octanol–water partition coefficient (Wildman–Crippen LogP) is 5.46. The number of halogens is 4. The molecule has 9 heteroatoms. The number of ketones is 1. The second kappa shape index (κ2) is 9.35. The molecule has 0 N–H and O–H groups in total. The fraction of sp³-hybridized carbons (Fsp3) is 0.417. The Balaban J connectivity index is 1.31. The van der Waals surface area contributed by atoms with Crippen molar-refractivity contribution in [2.24, 2.45) is 4.99 Å². The molecule has 33 heavy (non-hydrogen) atoms. The van der Waals surface area contributed by atoms with Crippen molar-refractivity contribution >= 4 is 29.0 Å². The quantitative estimate of drug-likeness (QED) is 0.570. The number of piperidine rings is 1. The van der Waals surface area contributed by atoms with E-state index < -0.39 is 17.5 Å². The van der Waals surface area contributed by atoms with Crippen LogP contribution in [0.2, 0.25) is 5.02 Å². The molecule has 0 radical (unpaired) electrons. The SMILES string of the molecule is CC1(Oc2ccc(Cl)cc2)CCN(CCOC2=Nc3c(cccc3C(F)(F)F)CC2=O)CC1. The predicted molar refractivity (Wildman–Crippen MR) is 119 cm³/mol. The molecule has 1 saturated heterocycles. The second-order valence-electron chi connectivity index (χ2n) is 8.52. The van der Waals surface area contributed by atoms with Crippen molar-refractivity contribution in [2.45, 2.75) is 38.0 Å². The Morgan fingerprint density at radius 2 is 1.82 bits per heavy atom. The zero-order valence-corrected chi connectivity index (χ0v) is 18.9. The molecule has 2 aromatic rings. The number of hydrogen-bond acceptors (Lipinski definition) is 5. The van der Waals surface area contributed by atoms with E-state index in [1.165, 1.54) is 12.1 Å². The maximum absolute atomic E-state index is 13.3. The topological polar surface area (TPSA) is 51.1 Å². The van der Waals surface area contributed by atoms with Gasteiger partial charge in [-0.05, 0) is 55.7 Å². The standard InChI is InChI=1S/C24H24ClF3N2O3/c1-23(33-18-7-5-17(25)6-8-18)9-11-30(12-10-23)13-14-32-22-20(31)15-16-3-2-4-19(21(16)29-22)24(26,27)28/h2-8H,9-15H2,1H3. The molecule has 2 aliphatic heterocycles. The Kier molecular flexibility index (Phi) is 6.68. The van der Waals surface area contributed by atoms with Crippen molar-refractivity contribution in [3.8, 4) is 5.75 Å². The van der Waals surface area contributed by atoms with Crippen LogP contribution in [0.5, 0.6) is 5.75 Å². The lowest BCUT2D eigenvalue weighted by atomic mass is 9.93. The van der Waals surface area contributed by atoms with Crippen LogP contribution in [0, 0.1) is 0 Å². The van der Waals surface area contributed by atoms with E-state index in [-0.39, 0.29) is 35.8 Å². The van der Waals surface area contributed by atoms with Gasteiger partial charge in [0.2, 0.25) is 5.78 Å². The van der Waals surface area contributed by atoms with Gasteiger partial charge in [0.05, 0.1) is 11.3 Å². The fourth-order valence-electron chi connectivity index (χ4n) is 4.03. The Morgan fingerprint density at radius 3 is 2.48 bits per heavy atom. The zero-order chi connectivity index (χ0) is 23.6. The minimum absolute atomic E-state index is 0.151. The van der Waals surface area contributed by atoms with Gasteiger partial charge in [-0.15, -0.1) is 0 Å². The van der Waals surface area contributed by atoms with Gasteiger partial charge >= 0.3 is 6.18 Å². The molecule has 5 nitrogen and oxygen atoms in total. The van der Waals surface area contributed by atoms with Gasteiger partial charge in [0.1, 0.15) is 18.0 Å². The second-order valence-corrected chi connectivity index (χ2v) is 8.96. The van der Waals surface area contributed by atoms with E-state index in [0.29, 0.717) is 11.6 Å². The highest BCUT2D eigenvalue weighted by Gasteiger charge is 2.37. The summed E-state index contributed by atoms with van der Waals surface area (Å²) in [7, 11) is 0. The van der Waals surface area contributed by atoms with Crippen LogP contribution in [-0.4, -0.2) is 48.4 Å². The molecule has 2 aromatic carbocycles. The third-order valence-electron chi connectivity index (χ3n) is 5.97. The van der Waals surface area contributed by atoms with Crippen LogP contribution in [0.1, 0.15) is 30.9 Å². The van der Waals surface area contributed by atoms with Crippen LogP contribution < -0.4 is 4.74 Å². The average Bonchev–Trinajstić information content (AvgIpc) is 2.76. The number of hydrogen-bond donors (Lipinski definition) is 0. The molecule has 0 aromatic heterocycles. The summed E-state index contributed by atoms with van der Waals surface area (Å²) in [5, 5.41) is 0.654. The number of alkyl halides is 3. The third-order valence-corrected chi connectivity index (χ3v) is 6.22. The Bertz CT molecular complexity index is 1050. The number of rotatable bonds is 5. The minimum Gasteiger partial charge on any atom is -0.487 e. The van der Waals surface area contributed by atoms with Crippen molar-refractivity contribution < 1.29 is 27.4 Å². The lowest BCUT2D eigenvalue weighted by Crippen LogP contribution is -2.47. The summed E-state index contributed by atoms with van der Waals surface area (Å²) < 4.78 is 51.6. The van der Waals surface area contributed by atoms with Crippen molar-refractivity contribution in [1.82, 2.24) is 4.90 Å². The normalized spacial score (nSPS) is 18.5. The average molecular weight is 481 g/mol. The maximum Gasteiger partial charge on any atom is 0.418 e. The fourth-order valence-corrected chi connectivity index (χ4v) is 4.16. The molecule has 4 rings (SSSR count). The van der Waals surface area contributed by atoms with Crippen LogP contribution in [0.3, 0.4) is 0 Å². The molecular weight excluding hydrogens is 457 g/mol. The summed E-state index contributed by atoms with van der Waals surface area (Å²) in [6.07, 6.45) is -3.09. The summed E-state index contributed by atoms with van der Waals surface area (Å²) in [5.74, 6) is 0.0996. The third kappa shape index (κ3) is 5.68. The summed E-state index contributed by atoms with van der Waals surface area (Å²) in [6.45, 7) is 4.32. The van der Waals surface area contributed by atoms with Gasteiger partial charge in [0.15, 0.2) is 0 Å². The Hall–Kier alpha value is -2.58. The molecule has 0 amide bonds. The van der Waals surface area contributed by atoms with E-state index in [9.17, 15) is 18.0 Å².